The van der Waals surface area contributed by atoms with E-state index >= 15 is 0 Å². The second-order valence-corrected chi connectivity index (χ2v) is 4.47. The average Bonchev–Trinajstić information content (AvgIpc) is 2.48. The molecule has 0 spiro atoms. The van der Waals surface area contributed by atoms with E-state index in [0.29, 0.717) is 18.7 Å². The van der Waals surface area contributed by atoms with Crippen LogP contribution in [-0.4, -0.2) is 41.6 Å². The lowest BCUT2D eigenvalue weighted by molar-refractivity contribution is -0.138. The van der Waals surface area contributed by atoms with Gasteiger partial charge in [-0.25, -0.2) is 4.79 Å². The number of carbonyl (C=O) groups excluding carboxylic acids is 1. The third kappa shape index (κ3) is 5.14. The molecule has 1 aromatic carbocycles. The van der Waals surface area contributed by atoms with Crippen molar-refractivity contribution in [3.63, 3.8) is 0 Å². The molecule has 21 heavy (non-hydrogen) atoms. The van der Waals surface area contributed by atoms with Gasteiger partial charge in [0.15, 0.2) is 0 Å². The van der Waals surface area contributed by atoms with Crippen molar-refractivity contribution in [3.8, 4) is 0 Å². The highest BCUT2D eigenvalue weighted by molar-refractivity contribution is 5.79. The topological polar surface area (TPSA) is 69.6 Å². The van der Waals surface area contributed by atoms with Gasteiger partial charge in [0.25, 0.3) is 0 Å². The Labute approximate surface area is 124 Å². The Hall–Kier alpha value is -2.56. The van der Waals surface area contributed by atoms with Crippen LogP contribution in [0.4, 0.5) is 4.79 Å². The molecule has 0 radical (unpaired) electrons. The number of hydrogen-bond donors (Lipinski definition) is 2. The van der Waals surface area contributed by atoms with E-state index in [2.05, 4.69) is 18.5 Å². The zero-order chi connectivity index (χ0) is 15.7. The number of urea groups is 1. The van der Waals surface area contributed by atoms with Crippen LogP contribution in [0.3, 0.4) is 0 Å². The van der Waals surface area contributed by atoms with Gasteiger partial charge in [0.05, 0.1) is 5.92 Å². The summed E-state index contributed by atoms with van der Waals surface area (Å²) in [5, 5.41) is 11.9. The van der Waals surface area contributed by atoms with Crippen LogP contribution in [0.1, 0.15) is 11.5 Å². The van der Waals surface area contributed by atoms with Gasteiger partial charge in [0.1, 0.15) is 0 Å². The second kappa shape index (κ2) is 8.58. The minimum atomic E-state index is -0.972. The highest BCUT2D eigenvalue weighted by Crippen LogP contribution is 2.14. The maximum absolute atomic E-state index is 12.0. The van der Waals surface area contributed by atoms with Gasteiger partial charge in [-0.3, -0.25) is 4.79 Å². The number of nitrogens with one attached hydrogen (secondary N) is 1. The molecule has 0 bridgehead atoms. The van der Waals surface area contributed by atoms with Gasteiger partial charge in [0, 0.05) is 19.6 Å². The van der Waals surface area contributed by atoms with Gasteiger partial charge >= 0.3 is 12.0 Å². The fourth-order valence-corrected chi connectivity index (χ4v) is 1.89. The van der Waals surface area contributed by atoms with E-state index in [0.717, 1.165) is 0 Å². The summed E-state index contributed by atoms with van der Waals surface area (Å²) in [7, 11) is 0. The molecular weight excluding hydrogens is 268 g/mol. The maximum atomic E-state index is 12.0. The van der Waals surface area contributed by atoms with Crippen molar-refractivity contribution in [1.29, 1.82) is 0 Å². The molecule has 2 amide bonds. The molecule has 0 aliphatic rings. The first kappa shape index (κ1) is 16.5. The maximum Gasteiger partial charge on any atom is 0.317 e. The SMILES string of the molecule is C=CCN(CC=C)C(=O)NCC(C(=O)O)c1ccccc1. The molecule has 2 N–H and O–H groups in total. The Morgan fingerprint density at radius 2 is 1.76 bits per heavy atom. The molecule has 5 heteroatoms. The summed E-state index contributed by atoms with van der Waals surface area (Å²) in [6, 6.07) is 8.49. The van der Waals surface area contributed by atoms with Gasteiger partial charge in [-0.15, -0.1) is 13.2 Å². The molecule has 112 valence electrons. The highest BCUT2D eigenvalue weighted by Gasteiger charge is 2.21. The van der Waals surface area contributed by atoms with Crippen LogP contribution in [0.2, 0.25) is 0 Å². The van der Waals surface area contributed by atoms with E-state index < -0.39 is 11.9 Å². The third-order valence-electron chi connectivity index (χ3n) is 2.94. The van der Waals surface area contributed by atoms with Gasteiger partial charge in [-0.1, -0.05) is 42.5 Å². The van der Waals surface area contributed by atoms with E-state index in [1.54, 1.807) is 36.4 Å². The number of carbonyl (C=O) groups is 2. The normalized spacial score (nSPS) is 11.2. The predicted octanol–water partition coefficient (Wildman–Crippen LogP) is 2.24. The van der Waals surface area contributed by atoms with Crippen LogP contribution in [0.15, 0.2) is 55.6 Å². The fourth-order valence-electron chi connectivity index (χ4n) is 1.89. The first-order chi connectivity index (χ1) is 10.1. The number of aliphatic carboxylic acids is 1. The predicted molar refractivity (Wildman–Crippen MR) is 82.2 cm³/mol. The number of carboxylic acids is 1. The molecule has 0 aliphatic carbocycles. The zero-order valence-electron chi connectivity index (χ0n) is 11.9. The lowest BCUT2D eigenvalue weighted by Crippen LogP contribution is -2.42. The van der Waals surface area contributed by atoms with Crippen molar-refractivity contribution in [3.05, 3.63) is 61.2 Å². The Balaban J connectivity index is 2.69. The minimum Gasteiger partial charge on any atom is -0.481 e. The quantitative estimate of drug-likeness (QED) is 0.721. The number of hydrogen-bond acceptors (Lipinski definition) is 2. The van der Waals surface area contributed by atoms with E-state index in [1.807, 2.05) is 6.07 Å². The smallest absolute Gasteiger partial charge is 0.317 e. The second-order valence-electron chi connectivity index (χ2n) is 4.47. The van der Waals surface area contributed by atoms with Gasteiger partial charge in [0.2, 0.25) is 0 Å². The van der Waals surface area contributed by atoms with Crippen LogP contribution in [0.25, 0.3) is 0 Å². The van der Waals surface area contributed by atoms with Crippen molar-refractivity contribution in [1.82, 2.24) is 10.2 Å². The summed E-state index contributed by atoms with van der Waals surface area (Å²) in [6.45, 7) is 7.95. The van der Waals surface area contributed by atoms with Crippen LogP contribution in [0.5, 0.6) is 0 Å². The molecule has 1 atom stereocenters. The van der Waals surface area contributed by atoms with Gasteiger partial charge < -0.3 is 15.3 Å². The Morgan fingerprint density at radius 1 is 1.19 bits per heavy atom. The van der Waals surface area contributed by atoms with E-state index in [9.17, 15) is 14.7 Å². The van der Waals surface area contributed by atoms with E-state index in [-0.39, 0.29) is 12.6 Å². The Kier molecular flexibility index (Phi) is 6.74. The molecule has 1 rings (SSSR count). The van der Waals surface area contributed by atoms with Crippen molar-refractivity contribution in [2.75, 3.05) is 19.6 Å². The molecule has 0 saturated carbocycles. The fraction of sp³-hybridized carbons (Fsp3) is 0.250. The number of amides is 2. The molecule has 0 fully saturated rings. The highest BCUT2D eigenvalue weighted by atomic mass is 16.4. The number of benzene rings is 1. The first-order valence-corrected chi connectivity index (χ1v) is 6.62. The Bertz CT molecular complexity index is 490. The number of carboxylic acid groups (broad SMARTS) is 1. The minimum absolute atomic E-state index is 0.0307. The molecule has 0 saturated heterocycles. The van der Waals surface area contributed by atoms with Crippen LogP contribution in [0, 0.1) is 0 Å². The largest absolute Gasteiger partial charge is 0.481 e. The molecule has 0 aliphatic heterocycles. The van der Waals surface area contributed by atoms with Crippen LogP contribution >= 0.6 is 0 Å². The van der Waals surface area contributed by atoms with Crippen molar-refractivity contribution < 1.29 is 14.7 Å². The third-order valence-corrected chi connectivity index (χ3v) is 2.94. The summed E-state index contributed by atoms with van der Waals surface area (Å²) in [5.74, 6) is -1.75. The van der Waals surface area contributed by atoms with Crippen molar-refractivity contribution in [2.24, 2.45) is 0 Å². The molecule has 1 aromatic rings. The van der Waals surface area contributed by atoms with E-state index in [1.165, 1.54) is 4.90 Å². The monoisotopic (exact) mass is 288 g/mol. The van der Waals surface area contributed by atoms with Gasteiger partial charge in [-0.2, -0.15) is 0 Å². The van der Waals surface area contributed by atoms with E-state index in [4.69, 9.17) is 0 Å². The van der Waals surface area contributed by atoms with Crippen LogP contribution in [-0.2, 0) is 4.79 Å². The van der Waals surface area contributed by atoms with Crippen molar-refractivity contribution >= 4 is 12.0 Å². The molecule has 1 unspecified atom stereocenters. The molecule has 5 nitrogen and oxygen atoms in total. The number of rotatable bonds is 8. The summed E-state index contributed by atoms with van der Waals surface area (Å²) < 4.78 is 0. The lowest BCUT2D eigenvalue weighted by Gasteiger charge is -2.21. The molecule has 0 aromatic heterocycles. The number of nitrogens with zero attached hydrogens (tertiary/aromatic N) is 1. The standard InChI is InChI=1S/C16H20N2O3/c1-3-10-18(11-4-2)16(21)17-12-14(15(19)20)13-8-6-5-7-9-13/h3-9,14H,1-2,10-12H2,(H,17,21)(H,19,20). The van der Waals surface area contributed by atoms with Crippen LogP contribution < -0.4 is 5.32 Å². The summed E-state index contributed by atoms with van der Waals surface area (Å²) in [5.41, 5.74) is 0.657. The summed E-state index contributed by atoms with van der Waals surface area (Å²) in [4.78, 5) is 24.8. The summed E-state index contributed by atoms with van der Waals surface area (Å²) in [6.07, 6.45) is 3.21. The Morgan fingerprint density at radius 3 is 2.24 bits per heavy atom. The van der Waals surface area contributed by atoms with Gasteiger partial charge in [-0.05, 0) is 5.56 Å². The lowest BCUT2D eigenvalue weighted by atomic mass is 9.99. The zero-order valence-corrected chi connectivity index (χ0v) is 11.9. The molecular formula is C16H20N2O3. The van der Waals surface area contributed by atoms with Crippen molar-refractivity contribution in [2.45, 2.75) is 5.92 Å². The average molecular weight is 288 g/mol. The first-order valence-electron chi connectivity index (χ1n) is 6.62. The summed E-state index contributed by atoms with van der Waals surface area (Å²) >= 11 is 0. The molecule has 0 heterocycles.